The molecule has 1 fully saturated rings. The second-order valence-corrected chi connectivity index (χ2v) is 7.00. The van der Waals surface area contributed by atoms with E-state index >= 15 is 0 Å². The van der Waals surface area contributed by atoms with Gasteiger partial charge in [0.1, 0.15) is 0 Å². The van der Waals surface area contributed by atoms with Gasteiger partial charge in [-0.3, -0.25) is 9.59 Å². The maximum Gasteiger partial charge on any atom is 0.289 e. The van der Waals surface area contributed by atoms with Crippen LogP contribution in [0, 0.1) is 13.8 Å². The summed E-state index contributed by atoms with van der Waals surface area (Å²) in [6, 6.07) is 13.5. The summed E-state index contributed by atoms with van der Waals surface area (Å²) in [6.07, 6.45) is 0. The lowest BCUT2D eigenvalue weighted by molar-refractivity contribution is 0.0734. The van der Waals surface area contributed by atoms with Gasteiger partial charge in [-0.15, -0.1) is 0 Å². The Morgan fingerprint density at radius 3 is 2.56 bits per heavy atom. The third kappa shape index (κ3) is 3.30. The zero-order valence-corrected chi connectivity index (χ0v) is 15.5. The van der Waals surface area contributed by atoms with E-state index in [1.807, 2.05) is 6.07 Å². The molecule has 3 aromatic rings. The average Bonchev–Trinajstić information content (AvgIpc) is 2.69. The lowest BCUT2D eigenvalue weighted by Crippen LogP contribution is -2.49. The van der Waals surface area contributed by atoms with Gasteiger partial charge in [0.25, 0.3) is 11.5 Å². The van der Waals surface area contributed by atoms with Crippen molar-refractivity contribution in [3.8, 4) is 0 Å². The predicted molar refractivity (Wildman–Crippen MR) is 106 cm³/mol. The number of aromatic nitrogens is 2. The second kappa shape index (κ2) is 6.87. The van der Waals surface area contributed by atoms with Gasteiger partial charge >= 0.3 is 0 Å². The van der Waals surface area contributed by atoms with Gasteiger partial charge < -0.3 is 14.8 Å². The molecule has 2 heterocycles. The van der Waals surface area contributed by atoms with Crippen LogP contribution in [0.3, 0.4) is 0 Å². The summed E-state index contributed by atoms with van der Waals surface area (Å²) in [7, 11) is 0. The normalized spacial score (nSPS) is 14.6. The zero-order valence-electron chi connectivity index (χ0n) is 15.5. The molecular formula is C21H22N4O2. The van der Waals surface area contributed by atoms with E-state index in [4.69, 9.17) is 0 Å². The number of carbonyl (C=O) groups is 1. The van der Waals surface area contributed by atoms with Crippen molar-refractivity contribution >= 4 is 22.5 Å². The van der Waals surface area contributed by atoms with Crippen LogP contribution in [-0.2, 0) is 0 Å². The molecule has 1 aliphatic rings. The molecule has 4 rings (SSSR count). The molecule has 6 heteroatoms. The van der Waals surface area contributed by atoms with Crippen molar-refractivity contribution in [3.63, 3.8) is 0 Å². The molecule has 1 aromatic heterocycles. The molecule has 1 aliphatic heterocycles. The van der Waals surface area contributed by atoms with E-state index < -0.39 is 0 Å². The molecular weight excluding hydrogens is 340 g/mol. The fourth-order valence-corrected chi connectivity index (χ4v) is 3.55. The van der Waals surface area contributed by atoms with Crippen LogP contribution in [0.15, 0.2) is 47.3 Å². The second-order valence-electron chi connectivity index (χ2n) is 7.00. The molecule has 0 radical (unpaired) electrons. The lowest BCUT2D eigenvalue weighted by atomic mass is 10.1. The number of hydrogen-bond acceptors (Lipinski definition) is 4. The van der Waals surface area contributed by atoms with E-state index in [2.05, 4.69) is 46.9 Å². The number of anilines is 1. The highest BCUT2D eigenvalue weighted by Crippen LogP contribution is 2.23. The van der Waals surface area contributed by atoms with Crippen molar-refractivity contribution in [2.24, 2.45) is 0 Å². The number of carbonyl (C=O) groups excluding carboxylic acids is 1. The van der Waals surface area contributed by atoms with Crippen molar-refractivity contribution in [2.75, 3.05) is 31.1 Å². The highest BCUT2D eigenvalue weighted by molar-refractivity contribution is 5.92. The molecule has 0 bridgehead atoms. The van der Waals surface area contributed by atoms with Crippen LogP contribution in [0.4, 0.5) is 5.69 Å². The number of amides is 1. The van der Waals surface area contributed by atoms with Crippen LogP contribution in [0.5, 0.6) is 0 Å². The number of piperazine rings is 1. The number of rotatable bonds is 2. The molecule has 27 heavy (non-hydrogen) atoms. The molecule has 2 aromatic carbocycles. The smallest absolute Gasteiger partial charge is 0.289 e. The van der Waals surface area contributed by atoms with Crippen LogP contribution in [0.2, 0.25) is 0 Å². The summed E-state index contributed by atoms with van der Waals surface area (Å²) < 4.78 is 0. The third-order valence-corrected chi connectivity index (χ3v) is 5.09. The van der Waals surface area contributed by atoms with Crippen LogP contribution in [0.1, 0.15) is 21.7 Å². The number of aryl methyl sites for hydroxylation is 2. The van der Waals surface area contributed by atoms with Crippen LogP contribution >= 0.6 is 0 Å². The molecule has 1 saturated heterocycles. The van der Waals surface area contributed by atoms with Crippen LogP contribution < -0.4 is 10.5 Å². The molecule has 138 valence electrons. The van der Waals surface area contributed by atoms with Gasteiger partial charge in [0.05, 0.1) is 10.9 Å². The molecule has 1 amide bonds. The average molecular weight is 362 g/mol. The number of hydrogen-bond donors (Lipinski definition) is 1. The Balaban J connectivity index is 1.52. The largest absolute Gasteiger partial charge is 0.368 e. The zero-order chi connectivity index (χ0) is 19.0. The van der Waals surface area contributed by atoms with Gasteiger partial charge in [-0.05, 0) is 43.2 Å². The van der Waals surface area contributed by atoms with Crippen molar-refractivity contribution in [1.82, 2.24) is 14.9 Å². The van der Waals surface area contributed by atoms with Gasteiger partial charge in [0.15, 0.2) is 5.82 Å². The Morgan fingerprint density at radius 2 is 1.78 bits per heavy atom. The monoisotopic (exact) mass is 362 g/mol. The number of para-hydroxylation sites is 1. The third-order valence-electron chi connectivity index (χ3n) is 5.09. The summed E-state index contributed by atoms with van der Waals surface area (Å²) in [4.78, 5) is 36.1. The van der Waals surface area contributed by atoms with E-state index in [9.17, 15) is 9.59 Å². The first-order chi connectivity index (χ1) is 13.0. The van der Waals surface area contributed by atoms with Crippen molar-refractivity contribution in [3.05, 3.63) is 69.8 Å². The Kier molecular flexibility index (Phi) is 4.39. The number of benzene rings is 2. The molecule has 0 atom stereocenters. The maximum atomic E-state index is 12.8. The van der Waals surface area contributed by atoms with E-state index in [1.54, 1.807) is 23.1 Å². The van der Waals surface area contributed by atoms with E-state index in [-0.39, 0.29) is 17.3 Å². The summed E-state index contributed by atoms with van der Waals surface area (Å²) in [5.41, 5.74) is 3.95. The maximum absolute atomic E-state index is 12.8. The minimum absolute atomic E-state index is 0.110. The number of nitrogens with zero attached hydrogens (tertiary/aromatic N) is 3. The predicted octanol–water partition coefficient (Wildman–Crippen LogP) is 2.50. The molecule has 0 saturated carbocycles. The first-order valence-electron chi connectivity index (χ1n) is 9.13. The Labute approximate surface area is 157 Å². The van der Waals surface area contributed by atoms with Gasteiger partial charge in [-0.25, -0.2) is 4.98 Å². The molecule has 6 nitrogen and oxygen atoms in total. The fourth-order valence-electron chi connectivity index (χ4n) is 3.55. The molecule has 0 unspecified atom stereocenters. The van der Waals surface area contributed by atoms with Gasteiger partial charge in [-0.1, -0.05) is 24.3 Å². The molecule has 0 spiro atoms. The van der Waals surface area contributed by atoms with Crippen LogP contribution in [-0.4, -0.2) is 47.0 Å². The van der Waals surface area contributed by atoms with E-state index in [1.165, 1.54) is 16.8 Å². The SMILES string of the molecule is Cc1ccc(C)c(N2CCN(C(=O)c3nc4ccccc4c(=O)[nH]3)CC2)c1. The first-order valence-corrected chi connectivity index (χ1v) is 9.13. The highest BCUT2D eigenvalue weighted by Gasteiger charge is 2.24. The Hall–Kier alpha value is -3.15. The highest BCUT2D eigenvalue weighted by atomic mass is 16.2. The van der Waals surface area contributed by atoms with E-state index in [0.717, 1.165) is 13.1 Å². The Bertz CT molecular complexity index is 1070. The van der Waals surface area contributed by atoms with Crippen molar-refractivity contribution in [1.29, 1.82) is 0 Å². The molecule has 0 aliphatic carbocycles. The van der Waals surface area contributed by atoms with Gasteiger partial charge in [0, 0.05) is 31.9 Å². The number of fused-ring (bicyclic) bond motifs is 1. The van der Waals surface area contributed by atoms with Gasteiger partial charge in [0.2, 0.25) is 0 Å². The Morgan fingerprint density at radius 1 is 1.04 bits per heavy atom. The van der Waals surface area contributed by atoms with Gasteiger partial charge in [-0.2, -0.15) is 0 Å². The van der Waals surface area contributed by atoms with E-state index in [0.29, 0.717) is 24.0 Å². The fraction of sp³-hybridized carbons (Fsp3) is 0.286. The standard InChI is InChI=1S/C21H22N4O2/c1-14-7-8-15(2)18(13-14)24-9-11-25(12-10-24)21(27)19-22-17-6-4-3-5-16(17)20(26)23-19/h3-8,13H,9-12H2,1-2H3,(H,22,23,26). The van der Waals surface area contributed by atoms with Crippen molar-refractivity contribution < 1.29 is 4.79 Å². The number of aromatic amines is 1. The first kappa shape index (κ1) is 17.3. The topological polar surface area (TPSA) is 69.3 Å². The minimum Gasteiger partial charge on any atom is -0.368 e. The minimum atomic E-state index is -0.280. The van der Waals surface area contributed by atoms with Crippen LogP contribution in [0.25, 0.3) is 10.9 Å². The quantitative estimate of drug-likeness (QED) is 0.760. The summed E-state index contributed by atoms with van der Waals surface area (Å²) in [5.74, 6) is -0.114. The lowest BCUT2D eigenvalue weighted by Gasteiger charge is -2.36. The summed E-state index contributed by atoms with van der Waals surface area (Å²) >= 11 is 0. The molecule has 1 N–H and O–H groups in total. The number of H-pyrrole nitrogens is 1. The van der Waals surface area contributed by atoms with Crippen molar-refractivity contribution in [2.45, 2.75) is 13.8 Å². The number of nitrogens with one attached hydrogen (secondary N) is 1. The summed E-state index contributed by atoms with van der Waals surface area (Å²) in [5, 5.41) is 0.494. The summed E-state index contributed by atoms with van der Waals surface area (Å²) in [6.45, 7) is 6.91.